The summed E-state index contributed by atoms with van der Waals surface area (Å²) in [6, 6.07) is 6.47. The number of nitrogens with one attached hydrogen (secondary N) is 1. The molecular formula is C13H20N2O3S. The number of sulfonamides is 1. The molecule has 0 unspecified atom stereocenters. The van der Waals surface area contributed by atoms with Gasteiger partial charge in [0.15, 0.2) is 0 Å². The summed E-state index contributed by atoms with van der Waals surface area (Å²) < 4.78 is 26.7. The standard InChI is InChI=1S/C13H20N2O3S/c14-11-5-3-4-10(8-11)9-19(17,18)15-12-6-1-2-7-13(12)16/h3-5,8,12-13,15-16H,1-2,6-7,9,14H2/t12-,13-/m1/s1. The fraction of sp³-hybridized carbons (Fsp3) is 0.538. The van der Waals surface area contributed by atoms with Gasteiger partial charge in [-0.25, -0.2) is 13.1 Å². The summed E-state index contributed by atoms with van der Waals surface area (Å²) in [4.78, 5) is 0. The van der Waals surface area contributed by atoms with E-state index in [9.17, 15) is 13.5 Å². The average molecular weight is 284 g/mol. The highest BCUT2D eigenvalue weighted by Crippen LogP contribution is 2.20. The van der Waals surface area contributed by atoms with Gasteiger partial charge in [0.05, 0.1) is 11.9 Å². The molecule has 4 N–H and O–H groups in total. The van der Waals surface area contributed by atoms with E-state index in [1.165, 1.54) is 0 Å². The van der Waals surface area contributed by atoms with Crippen molar-refractivity contribution in [1.82, 2.24) is 4.72 Å². The summed E-state index contributed by atoms with van der Waals surface area (Å²) in [6.07, 6.45) is 2.67. The molecule has 1 saturated carbocycles. The monoisotopic (exact) mass is 284 g/mol. The Morgan fingerprint density at radius 1 is 1.32 bits per heavy atom. The largest absolute Gasteiger partial charge is 0.399 e. The van der Waals surface area contributed by atoms with Crippen LogP contribution in [0.2, 0.25) is 0 Å². The first-order valence-electron chi connectivity index (χ1n) is 6.49. The Kier molecular flexibility index (Phi) is 4.44. The van der Waals surface area contributed by atoms with Gasteiger partial charge in [-0.05, 0) is 30.5 Å². The van der Waals surface area contributed by atoms with Crippen LogP contribution in [-0.4, -0.2) is 25.7 Å². The molecule has 6 heteroatoms. The van der Waals surface area contributed by atoms with Crippen LogP contribution >= 0.6 is 0 Å². The zero-order valence-corrected chi connectivity index (χ0v) is 11.6. The minimum Gasteiger partial charge on any atom is -0.399 e. The van der Waals surface area contributed by atoms with Gasteiger partial charge in [-0.1, -0.05) is 25.0 Å². The first kappa shape index (κ1) is 14.3. The lowest BCUT2D eigenvalue weighted by Gasteiger charge is -2.28. The van der Waals surface area contributed by atoms with Gasteiger partial charge in [0, 0.05) is 11.7 Å². The van der Waals surface area contributed by atoms with E-state index >= 15 is 0 Å². The number of aliphatic hydroxyl groups excluding tert-OH is 1. The zero-order chi connectivity index (χ0) is 13.9. The Labute approximate surface area is 113 Å². The Hall–Kier alpha value is -1.11. The second kappa shape index (κ2) is 5.90. The molecule has 0 bridgehead atoms. The summed E-state index contributed by atoms with van der Waals surface area (Å²) in [7, 11) is -3.45. The molecule has 5 nitrogen and oxygen atoms in total. The second-order valence-corrected chi connectivity index (χ2v) is 6.83. The number of hydrogen-bond donors (Lipinski definition) is 3. The third kappa shape index (κ3) is 4.19. The lowest BCUT2D eigenvalue weighted by Crippen LogP contribution is -2.45. The second-order valence-electron chi connectivity index (χ2n) is 5.08. The summed E-state index contributed by atoms with van der Waals surface area (Å²) in [6.45, 7) is 0. The van der Waals surface area contributed by atoms with Crippen LogP contribution in [0.5, 0.6) is 0 Å². The van der Waals surface area contributed by atoms with Gasteiger partial charge in [0.25, 0.3) is 0 Å². The first-order chi connectivity index (χ1) is 8.96. The van der Waals surface area contributed by atoms with Crippen LogP contribution in [0.3, 0.4) is 0 Å². The lowest BCUT2D eigenvalue weighted by molar-refractivity contribution is 0.101. The highest BCUT2D eigenvalue weighted by molar-refractivity contribution is 7.88. The number of anilines is 1. The van der Waals surface area contributed by atoms with Gasteiger partial charge in [-0.15, -0.1) is 0 Å². The predicted octanol–water partition coefficient (Wildman–Crippen LogP) is 0.992. The fourth-order valence-electron chi connectivity index (χ4n) is 2.42. The molecule has 106 valence electrons. The first-order valence-corrected chi connectivity index (χ1v) is 8.14. The Morgan fingerprint density at radius 3 is 2.74 bits per heavy atom. The summed E-state index contributed by atoms with van der Waals surface area (Å²) >= 11 is 0. The molecule has 2 rings (SSSR count). The van der Waals surface area contributed by atoms with E-state index in [0.717, 1.165) is 12.8 Å². The normalized spacial score (nSPS) is 24.3. The van der Waals surface area contributed by atoms with Crippen LogP contribution in [0.25, 0.3) is 0 Å². The minimum atomic E-state index is -3.45. The number of nitrogens with two attached hydrogens (primary N) is 1. The van der Waals surface area contributed by atoms with E-state index < -0.39 is 16.1 Å². The van der Waals surface area contributed by atoms with Gasteiger partial charge in [0.2, 0.25) is 10.0 Å². The third-order valence-corrected chi connectivity index (χ3v) is 4.74. The molecule has 0 saturated heterocycles. The van der Waals surface area contributed by atoms with Crippen molar-refractivity contribution in [1.29, 1.82) is 0 Å². The highest BCUT2D eigenvalue weighted by atomic mass is 32.2. The lowest BCUT2D eigenvalue weighted by atomic mass is 9.93. The molecule has 0 aromatic heterocycles. The molecule has 0 heterocycles. The SMILES string of the molecule is Nc1cccc(CS(=O)(=O)N[C@@H]2CCCC[C@H]2O)c1. The van der Waals surface area contributed by atoms with Crippen LogP contribution in [0, 0.1) is 0 Å². The van der Waals surface area contributed by atoms with Crippen molar-refractivity contribution in [2.75, 3.05) is 5.73 Å². The number of hydrogen-bond acceptors (Lipinski definition) is 4. The van der Waals surface area contributed by atoms with E-state index in [1.807, 2.05) is 0 Å². The Bertz CT molecular complexity index is 530. The van der Waals surface area contributed by atoms with Gasteiger partial charge >= 0.3 is 0 Å². The molecule has 0 aliphatic heterocycles. The molecule has 1 aromatic carbocycles. The summed E-state index contributed by atoms with van der Waals surface area (Å²) in [5.41, 5.74) is 6.83. The van der Waals surface area contributed by atoms with Crippen LogP contribution in [0.4, 0.5) is 5.69 Å². The van der Waals surface area contributed by atoms with Crippen LogP contribution in [0.1, 0.15) is 31.2 Å². The molecule has 1 fully saturated rings. The maximum Gasteiger partial charge on any atom is 0.216 e. The summed E-state index contributed by atoms with van der Waals surface area (Å²) in [5.74, 6) is -0.110. The van der Waals surface area contributed by atoms with Crippen molar-refractivity contribution in [3.63, 3.8) is 0 Å². The number of rotatable bonds is 4. The predicted molar refractivity (Wildman–Crippen MR) is 74.9 cm³/mol. The van der Waals surface area contributed by atoms with Crippen molar-refractivity contribution < 1.29 is 13.5 Å². The Balaban J connectivity index is 2.02. The van der Waals surface area contributed by atoms with E-state index in [0.29, 0.717) is 24.1 Å². The molecule has 0 radical (unpaired) electrons. The molecule has 1 aliphatic rings. The van der Waals surface area contributed by atoms with Crippen molar-refractivity contribution in [2.24, 2.45) is 0 Å². The van der Waals surface area contributed by atoms with Crippen molar-refractivity contribution in [2.45, 2.75) is 43.6 Å². The third-order valence-electron chi connectivity index (χ3n) is 3.37. The molecular weight excluding hydrogens is 264 g/mol. The van der Waals surface area contributed by atoms with Crippen LogP contribution in [0.15, 0.2) is 24.3 Å². The van der Waals surface area contributed by atoms with E-state index in [4.69, 9.17) is 5.73 Å². The van der Waals surface area contributed by atoms with Gasteiger partial charge in [-0.3, -0.25) is 0 Å². The smallest absolute Gasteiger partial charge is 0.216 e. The molecule has 0 spiro atoms. The molecule has 19 heavy (non-hydrogen) atoms. The van der Waals surface area contributed by atoms with E-state index in [-0.39, 0.29) is 11.8 Å². The van der Waals surface area contributed by atoms with Gasteiger partial charge in [0.1, 0.15) is 0 Å². The molecule has 1 aromatic rings. The topological polar surface area (TPSA) is 92.4 Å². The zero-order valence-electron chi connectivity index (χ0n) is 10.7. The maximum atomic E-state index is 12.1. The van der Waals surface area contributed by atoms with Crippen LogP contribution < -0.4 is 10.5 Å². The molecule has 2 atom stereocenters. The van der Waals surface area contributed by atoms with E-state index in [1.54, 1.807) is 24.3 Å². The highest BCUT2D eigenvalue weighted by Gasteiger charge is 2.27. The van der Waals surface area contributed by atoms with Gasteiger partial charge < -0.3 is 10.8 Å². The average Bonchev–Trinajstić information content (AvgIpc) is 2.31. The Morgan fingerprint density at radius 2 is 2.05 bits per heavy atom. The van der Waals surface area contributed by atoms with Crippen molar-refractivity contribution in [3.05, 3.63) is 29.8 Å². The maximum absolute atomic E-state index is 12.1. The van der Waals surface area contributed by atoms with Crippen molar-refractivity contribution in [3.8, 4) is 0 Å². The summed E-state index contributed by atoms with van der Waals surface area (Å²) in [5, 5.41) is 9.80. The van der Waals surface area contributed by atoms with Crippen molar-refractivity contribution >= 4 is 15.7 Å². The van der Waals surface area contributed by atoms with E-state index in [2.05, 4.69) is 4.72 Å². The minimum absolute atomic E-state index is 0.110. The molecule has 1 aliphatic carbocycles. The quantitative estimate of drug-likeness (QED) is 0.719. The number of benzene rings is 1. The number of aliphatic hydroxyl groups is 1. The number of nitrogen functional groups attached to an aromatic ring is 1. The molecule has 0 amide bonds. The fourth-order valence-corrected chi connectivity index (χ4v) is 3.86. The van der Waals surface area contributed by atoms with Gasteiger partial charge in [-0.2, -0.15) is 0 Å². The van der Waals surface area contributed by atoms with Crippen LogP contribution in [-0.2, 0) is 15.8 Å².